The average Bonchev–Trinajstić information content (AvgIpc) is 2.87. The van der Waals surface area contributed by atoms with E-state index in [9.17, 15) is 0 Å². The number of hydrogen-bond acceptors (Lipinski definition) is 5. The summed E-state index contributed by atoms with van der Waals surface area (Å²) in [6.45, 7) is 7.70. The SMILES string of the molecule is CCN1CCCC(c2noc(CC(C)NC)n2)C1. The monoisotopic (exact) mass is 252 g/mol. The van der Waals surface area contributed by atoms with E-state index in [1.54, 1.807) is 0 Å². The van der Waals surface area contributed by atoms with Gasteiger partial charge in [-0.3, -0.25) is 0 Å². The molecule has 0 saturated carbocycles. The van der Waals surface area contributed by atoms with Gasteiger partial charge in [0.05, 0.1) is 0 Å². The molecule has 0 amide bonds. The molecule has 1 aliphatic rings. The second-order valence-corrected chi connectivity index (χ2v) is 5.17. The van der Waals surface area contributed by atoms with Crippen LogP contribution in [0.3, 0.4) is 0 Å². The maximum Gasteiger partial charge on any atom is 0.228 e. The summed E-state index contributed by atoms with van der Waals surface area (Å²) in [6, 6.07) is 0.372. The zero-order valence-electron chi connectivity index (χ0n) is 11.6. The van der Waals surface area contributed by atoms with E-state index >= 15 is 0 Å². The smallest absolute Gasteiger partial charge is 0.228 e. The number of rotatable bonds is 5. The maximum absolute atomic E-state index is 5.34. The zero-order chi connectivity index (χ0) is 13.0. The quantitative estimate of drug-likeness (QED) is 0.859. The molecule has 1 aromatic heterocycles. The third kappa shape index (κ3) is 3.29. The fraction of sp³-hybridized carbons (Fsp3) is 0.846. The lowest BCUT2D eigenvalue weighted by Crippen LogP contribution is -2.34. The minimum Gasteiger partial charge on any atom is -0.339 e. The first-order valence-electron chi connectivity index (χ1n) is 6.95. The van der Waals surface area contributed by atoms with Crippen LogP contribution in [-0.2, 0) is 6.42 Å². The van der Waals surface area contributed by atoms with Crippen LogP contribution in [0.5, 0.6) is 0 Å². The lowest BCUT2D eigenvalue weighted by Gasteiger charge is -2.29. The molecule has 1 N–H and O–H groups in total. The van der Waals surface area contributed by atoms with Crippen molar-refractivity contribution in [3.63, 3.8) is 0 Å². The number of nitrogens with one attached hydrogen (secondary N) is 1. The van der Waals surface area contributed by atoms with Gasteiger partial charge in [0.15, 0.2) is 5.82 Å². The second kappa shape index (κ2) is 6.29. The summed E-state index contributed by atoms with van der Waals surface area (Å²) in [7, 11) is 1.95. The number of hydrogen-bond donors (Lipinski definition) is 1. The number of nitrogens with zero attached hydrogens (tertiary/aromatic N) is 3. The Morgan fingerprint density at radius 1 is 1.56 bits per heavy atom. The van der Waals surface area contributed by atoms with Crippen molar-refractivity contribution < 1.29 is 4.52 Å². The van der Waals surface area contributed by atoms with Gasteiger partial charge < -0.3 is 14.7 Å². The van der Waals surface area contributed by atoms with Gasteiger partial charge in [0.2, 0.25) is 5.89 Å². The summed E-state index contributed by atoms with van der Waals surface area (Å²) in [6.07, 6.45) is 3.21. The van der Waals surface area contributed by atoms with Crippen molar-refractivity contribution in [2.75, 3.05) is 26.7 Å². The summed E-state index contributed by atoms with van der Waals surface area (Å²) in [5.41, 5.74) is 0. The lowest BCUT2D eigenvalue weighted by molar-refractivity contribution is 0.211. The molecule has 2 unspecified atom stereocenters. The van der Waals surface area contributed by atoms with Gasteiger partial charge in [0.1, 0.15) is 0 Å². The van der Waals surface area contributed by atoms with Gasteiger partial charge in [-0.1, -0.05) is 12.1 Å². The fourth-order valence-corrected chi connectivity index (χ4v) is 2.43. The number of piperidine rings is 1. The second-order valence-electron chi connectivity index (χ2n) is 5.17. The van der Waals surface area contributed by atoms with Gasteiger partial charge in [-0.05, 0) is 39.9 Å². The summed E-state index contributed by atoms with van der Waals surface area (Å²) < 4.78 is 5.34. The molecule has 0 spiro atoms. The number of likely N-dealkylation sites (N-methyl/N-ethyl adjacent to an activating group) is 2. The van der Waals surface area contributed by atoms with Crippen LogP contribution < -0.4 is 5.32 Å². The molecule has 0 radical (unpaired) electrons. The molecule has 0 bridgehead atoms. The highest BCUT2D eigenvalue weighted by Gasteiger charge is 2.24. The Kier molecular flexibility index (Phi) is 4.72. The first-order valence-corrected chi connectivity index (χ1v) is 6.95. The van der Waals surface area contributed by atoms with Gasteiger partial charge in [-0.25, -0.2) is 0 Å². The van der Waals surface area contributed by atoms with Gasteiger partial charge in [0.25, 0.3) is 0 Å². The predicted molar refractivity (Wildman–Crippen MR) is 70.6 cm³/mol. The maximum atomic E-state index is 5.34. The minimum absolute atomic E-state index is 0.372. The molecule has 0 aromatic carbocycles. The Balaban J connectivity index is 1.96. The molecule has 18 heavy (non-hydrogen) atoms. The highest BCUT2D eigenvalue weighted by Crippen LogP contribution is 2.24. The Morgan fingerprint density at radius 3 is 3.11 bits per heavy atom. The highest BCUT2D eigenvalue weighted by atomic mass is 16.5. The molecule has 2 rings (SSSR count). The van der Waals surface area contributed by atoms with E-state index in [1.165, 1.54) is 19.4 Å². The van der Waals surface area contributed by atoms with Gasteiger partial charge in [0, 0.05) is 24.9 Å². The predicted octanol–water partition coefficient (Wildman–Crippen LogP) is 1.42. The molecule has 5 nitrogen and oxygen atoms in total. The largest absolute Gasteiger partial charge is 0.339 e. The summed E-state index contributed by atoms with van der Waals surface area (Å²) >= 11 is 0. The van der Waals surface area contributed by atoms with Crippen LogP contribution in [0.15, 0.2) is 4.52 Å². The van der Waals surface area contributed by atoms with Crippen LogP contribution in [0.4, 0.5) is 0 Å². The third-order valence-corrected chi connectivity index (χ3v) is 3.78. The molecule has 0 aliphatic carbocycles. The Morgan fingerprint density at radius 2 is 2.39 bits per heavy atom. The van der Waals surface area contributed by atoms with E-state index in [1.807, 2.05) is 7.05 Å². The number of likely N-dealkylation sites (tertiary alicyclic amines) is 1. The van der Waals surface area contributed by atoms with E-state index in [0.29, 0.717) is 12.0 Å². The third-order valence-electron chi connectivity index (χ3n) is 3.78. The lowest BCUT2D eigenvalue weighted by atomic mass is 9.97. The van der Waals surface area contributed by atoms with Crippen LogP contribution in [-0.4, -0.2) is 47.8 Å². The van der Waals surface area contributed by atoms with Crippen molar-refractivity contribution in [1.29, 1.82) is 0 Å². The molecular weight excluding hydrogens is 228 g/mol. The first-order chi connectivity index (χ1) is 8.72. The molecule has 1 saturated heterocycles. The standard InChI is InChI=1S/C13H24N4O/c1-4-17-7-5-6-11(9-17)13-15-12(18-16-13)8-10(2)14-3/h10-11,14H,4-9H2,1-3H3. The Bertz CT molecular complexity index is 366. The molecule has 102 valence electrons. The van der Waals surface area contributed by atoms with E-state index in [-0.39, 0.29) is 0 Å². The normalized spacial score (nSPS) is 23.2. The molecule has 1 aromatic rings. The minimum atomic E-state index is 0.372. The van der Waals surface area contributed by atoms with Gasteiger partial charge in [-0.2, -0.15) is 4.98 Å². The van der Waals surface area contributed by atoms with Crippen LogP contribution in [0.1, 0.15) is 44.3 Å². The van der Waals surface area contributed by atoms with Crippen molar-refractivity contribution in [2.45, 2.75) is 45.1 Å². The summed E-state index contributed by atoms with van der Waals surface area (Å²) in [5.74, 6) is 2.09. The van der Waals surface area contributed by atoms with Crippen LogP contribution >= 0.6 is 0 Å². The van der Waals surface area contributed by atoms with E-state index in [0.717, 1.165) is 31.2 Å². The van der Waals surface area contributed by atoms with Crippen molar-refractivity contribution >= 4 is 0 Å². The van der Waals surface area contributed by atoms with E-state index < -0.39 is 0 Å². The Hall–Kier alpha value is -0.940. The van der Waals surface area contributed by atoms with Crippen molar-refractivity contribution in [1.82, 2.24) is 20.4 Å². The first kappa shape index (κ1) is 13.5. The molecule has 5 heteroatoms. The summed E-state index contributed by atoms with van der Waals surface area (Å²) in [4.78, 5) is 7.00. The van der Waals surface area contributed by atoms with Crippen LogP contribution in [0.25, 0.3) is 0 Å². The topological polar surface area (TPSA) is 54.2 Å². The zero-order valence-corrected chi connectivity index (χ0v) is 11.6. The fourth-order valence-electron chi connectivity index (χ4n) is 2.43. The molecule has 2 heterocycles. The molecule has 1 fully saturated rings. The van der Waals surface area contributed by atoms with Gasteiger partial charge >= 0.3 is 0 Å². The number of aromatic nitrogens is 2. The highest BCUT2D eigenvalue weighted by molar-refractivity contribution is 4.99. The van der Waals surface area contributed by atoms with Gasteiger partial charge in [-0.15, -0.1) is 0 Å². The van der Waals surface area contributed by atoms with Crippen LogP contribution in [0.2, 0.25) is 0 Å². The van der Waals surface area contributed by atoms with Crippen molar-refractivity contribution in [3.8, 4) is 0 Å². The van der Waals surface area contributed by atoms with E-state index in [2.05, 4.69) is 34.2 Å². The average molecular weight is 252 g/mol. The molecular formula is C13H24N4O. The summed E-state index contributed by atoms with van der Waals surface area (Å²) in [5, 5.41) is 7.34. The Labute approximate surface area is 109 Å². The van der Waals surface area contributed by atoms with E-state index in [4.69, 9.17) is 4.52 Å². The van der Waals surface area contributed by atoms with Crippen molar-refractivity contribution in [3.05, 3.63) is 11.7 Å². The van der Waals surface area contributed by atoms with Crippen LogP contribution in [0, 0.1) is 0 Å². The molecule has 1 aliphatic heterocycles. The van der Waals surface area contributed by atoms with Crippen molar-refractivity contribution in [2.24, 2.45) is 0 Å². The molecule has 2 atom stereocenters.